The molecule has 2 rings (SSSR count). The molecule has 0 unspecified atom stereocenters. The fourth-order valence-corrected chi connectivity index (χ4v) is 2.53. The predicted molar refractivity (Wildman–Crippen MR) is 90.6 cm³/mol. The highest BCUT2D eigenvalue weighted by atomic mass is 16.5. The minimum atomic E-state index is -0.587. The van der Waals surface area contributed by atoms with Crippen LogP contribution in [0.1, 0.15) is 29.2 Å². The van der Waals surface area contributed by atoms with Gasteiger partial charge in [0.15, 0.2) is 0 Å². The van der Waals surface area contributed by atoms with Gasteiger partial charge in [-0.1, -0.05) is 48.5 Å². The first-order valence-corrected chi connectivity index (χ1v) is 7.53. The van der Waals surface area contributed by atoms with Crippen molar-refractivity contribution in [1.29, 1.82) is 5.26 Å². The second-order valence-corrected chi connectivity index (χ2v) is 5.21. The summed E-state index contributed by atoms with van der Waals surface area (Å²) in [5.74, 6) is -0.587. The molecule has 3 nitrogen and oxygen atoms in total. The van der Waals surface area contributed by atoms with Crippen molar-refractivity contribution in [1.82, 2.24) is 0 Å². The number of hydrogen-bond donors (Lipinski definition) is 0. The zero-order chi connectivity index (χ0) is 16.8. The van der Waals surface area contributed by atoms with Gasteiger partial charge in [-0.15, -0.1) is 0 Å². The van der Waals surface area contributed by atoms with E-state index in [9.17, 15) is 10.1 Å². The molecule has 116 valence electrons. The third-order valence-electron chi connectivity index (χ3n) is 3.67. The van der Waals surface area contributed by atoms with Crippen molar-refractivity contribution in [3.05, 3.63) is 76.4 Å². The standard InChI is InChI=1S/C20H19NO2/c1-4-23-20(22)18(13-21)19(16-11-7-5-9-14(16)2)17-12-8-6-10-15(17)3/h5-12H,4H2,1-3H3. The zero-order valence-electron chi connectivity index (χ0n) is 13.6. The number of carbonyl (C=O) groups is 1. The van der Waals surface area contributed by atoms with Crippen LogP contribution in [0.25, 0.3) is 5.57 Å². The first kappa shape index (κ1) is 16.5. The molecule has 0 aromatic heterocycles. The molecule has 0 fully saturated rings. The third-order valence-corrected chi connectivity index (χ3v) is 3.67. The van der Waals surface area contributed by atoms with Gasteiger partial charge in [0.25, 0.3) is 0 Å². The number of esters is 1. The summed E-state index contributed by atoms with van der Waals surface area (Å²) in [6.45, 7) is 5.90. The maximum Gasteiger partial charge on any atom is 0.349 e. The lowest BCUT2D eigenvalue weighted by Crippen LogP contribution is -2.10. The monoisotopic (exact) mass is 305 g/mol. The molecule has 2 aromatic rings. The van der Waals surface area contributed by atoms with Crippen LogP contribution < -0.4 is 0 Å². The van der Waals surface area contributed by atoms with E-state index in [1.54, 1.807) is 6.92 Å². The van der Waals surface area contributed by atoms with Gasteiger partial charge in [-0.05, 0) is 43.0 Å². The van der Waals surface area contributed by atoms with Crippen LogP contribution in [0, 0.1) is 25.2 Å². The summed E-state index contributed by atoms with van der Waals surface area (Å²) in [6.07, 6.45) is 0. The van der Waals surface area contributed by atoms with E-state index >= 15 is 0 Å². The van der Waals surface area contributed by atoms with Gasteiger partial charge < -0.3 is 4.74 Å². The molecule has 0 atom stereocenters. The van der Waals surface area contributed by atoms with Crippen LogP contribution in [0.2, 0.25) is 0 Å². The van der Waals surface area contributed by atoms with Gasteiger partial charge in [0.1, 0.15) is 11.6 Å². The second kappa shape index (κ2) is 7.42. The van der Waals surface area contributed by atoms with Crippen molar-refractivity contribution >= 4 is 11.5 Å². The Balaban J connectivity index is 2.81. The van der Waals surface area contributed by atoms with Crippen LogP contribution in [-0.4, -0.2) is 12.6 Å². The van der Waals surface area contributed by atoms with E-state index < -0.39 is 5.97 Å². The molecule has 0 aliphatic heterocycles. The van der Waals surface area contributed by atoms with Gasteiger partial charge in [0.2, 0.25) is 0 Å². The van der Waals surface area contributed by atoms with E-state index in [4.69, 9.17) is 4.74 Å². The summed E-state index contributed by atoms with van der Waals surface area (Å²) in [4.78, 5) is 12.3. The molecule has 0 N–H and O–H groups in total. The van der Waals surface area contributed by atoms with Gasteiger partial charge in [-0.2, -0.15) is 5.26 Å². The molecule has 23 heavy (non-hydrogen) atoms. The maximum absolute atomic E-state index is 12.3. The summed E-state index contributed by atoms with van der Waals surface area (Å²) in [6, 6.07) is 17.5. The second-order valence-electron chi connectivity index (χ2n) is 5.21. The van der Waals surface area contributed by atoms with Crippen LogP contribution in [0.15, 0.2) is 54.1 Å². The van der Waals surface area contributed by atoms with E-state index in [1.807, 2.05) is 68.4 Å². The van der Waals surface area contributed by atoms with Crippen molar-refractivity contribution in [3.63, 3.8) is 0 Å². The lowest BCUT2D eigenvalue weighted by molar-refractivity contribution is -0.137. The van der Waals surface area contributed by atoms with Gasteiger partial charge in [0.05, 0.1) is 6.61 Å². The van der Waals surface area contributed by atoms with E-state index in [0.29, 0.717) is 5.57 Å². The summed E-state index contributed by atoms with van der Waals surface area (Å²) in [5.41, 5.74) is 4.40. The van der Waals surface area contributed by atoms with Crippen LogP contribution >= 0.6 is 0 Å². The van der Waals surface area contributed by atoms with Gasteiger partial charge >= 0.3 is 5.97 Å². The molecule has 0 saturated carbocycles. The van der Waals surface area contributed by atoms with Crippen LogP contribution in [0.3, 0.4) is 0 Å². The number of aryl methyl sites for hydroxylation is 2. The Labute approximate surface area is 136 Å². The number of carbonyl (C=O) groups excluding carboxylic acids is 1. The molecule has 0 aliphatic carbocycles. The van der Waals surface area contributed by atoms with E-state index in [2.05, 4.69) is 0 Å². The Kier molecular flexibility index (Phi) is 5.32. The first-order valence-electron chi connectivity index (χ1n) is 7.53. The summed E-state index contributed by atoms with van der Waals surface area (Å²) in [7, 11) is 0. The molecular formula is C20H19NO2. The molecule has 3 heteroatoms. The van der Waals surface area contributed by atoms with E-state index in [-0.39, 0.29) is 12.2 Å². The highest BCUT2D eigenvalue weighted by Gasteiger charge is 2.21. The number of hydrogen-bond acceptors (Lipinski definition) is 3. The molecule has 0 bridgehead atoms. The number of benzene rings is 2. The Hall–Kier alpha value is -2.86. The Morgan fingerprint density at radius 1 is 1.00 bits per heavy atom. The quantitative estimate of drug-likeness (QED) is 0.483. The van der Waals surface area contributed by atoms with Gasteiger partial charge in [0, 0.05) is 5.57 Å². The Bertz CT molecular complexity index is 750. The largest absolute Gasteiger partial charge is 0.462 e. The lowest BCUT2D eigenvalue weighted by atomic mass is 9.88. The Morgan fingerprint density at radius 3 is 1.87 bits per heavy atom. The van der Waals surface area contributed by atoms with Gasteiger partial charge in [-0.3, -0.25) is 0 Å². The SMILES string of the molecule is CCOC(=O)C(C#N)=C(c1ccccc1C)c1ccccc1C. The molecule has 0 amide bonds. The van der Waals surface area contributed by atoms with Crippen molar-refractivity contribution in [3.8, 4) is 6.07 Å². The lowest BCUT2D eigenvalue weighted by Gasteiger charge is -2.15. The average molecular weight is 305 g/mol. The number of ether oxygens (including phenoxy) is 1. The van der Waals surface area contributed by atoms with Crippen molar-refractivity contribution in [2.24, 2.45) is 0 Å². The molecule has 0 saturated heterocycles. The van der Waals surface area contributed by atoms with E-state index in [0.717, 1.165) is 22.3 Å². The topological polar surface area (TPSA) is 50.1 Å². The van der Waals surface area contributed by atoms with Crippen LogP contribution in [-0.2, 0) is 9.53 Å². The molecule has 0 spiro atoms. The highest BCUT2D eigenvalue weighted by Crippen LogP contribution is 2.31. The average Bonchev–Trinajstić information content (AvgIpc) is 2.54. The summed E-state index contributed by atoms with van der Waals surface area (Å²) >= 11 is 0. The smallest absolute Gasteiger partial charge is 0.349 e. The van der Waals surface area contributed by atoms with Crippen LogP contribution in [0.4, 0.5) is 0 Å². The molecule has 0 aliphatic rings. The molecule has 0 radical (unpaired) electrons. The Morgan fingerprint density at radius 2 is 1.48 bits per heavy atom. The normalized spacial score (nSPS) is 9.83. The van der Waals surface area contributed by atoms with Crippen molar-refractivity contribution < 1.29 is 9.53 Å². The molecule has 2 aromatic carbocycles. The minimum absolute atomic E-state index is 0.0375. The first-order chi connectivity index (χ1) is 11.1. The predicted octanol–water partition coefficient (Wildman–Crippen LogP) is 4.19. The van der Waals surface area contributed by atoms with Crippen molar-refractivity contribution in [2.45, 2.75) is 20.8 Å². The fourth-order valence-electron chi connectivity index (χ4n) is 2.53. The molecular weight excluding hydrogens is 286 g/mol. The third kappa shape index (κ3) is 3.49. The zero-order valence-corrected chi connectivity index (χ0v) is 13.6. The van der Waals surface area contributed by atoms with E-state index in [1.165, 1.54) is 0 Å². The number of nitrogens with zero attached hydrogens (tertiary/aromatic N) is 1. The maximum atomic E-state index is 12.3. The number of rotatable bonds is 4. The van der Waals surface area contributed by atoms with Crippen molar-refractivity contribution in [2.75, 3.05) is 6.61 Å². The minimum Gasteiger partial charge on any atom is -0.462 e. The fraction of sp³-hybridized carbons (Fsp3) is 0.200. The highest BCUT2D eigenvalue weighted by molar-refractivity contribution is 6.06. The number of nitriles is 1. The molecule has 0 heterocycles. The summed E-state index contributed by atoms with van der Waals surface area (Å²) < 4.78 is 5.08. The van der Waals surface area contributed by atoms with Crippen LogP contribution in [0.5, 0.6) is 0 Å². The summed E-state index contributed by atoms with van der Waals surface area (Å²) in [5, 5.41) is 9.59. The van der Waals surface area contributed by atoms with Gasteiger partial charge in [-0.25, -0.2) is 4.79 Å².